The lowest BCUT2D eigenvalue weighted by atomic mass is 10.0. The first-order valence-electron chi connectivity index (χ1n) is 10.5. The van der Waals surface area contributed by atoms with E-state index >= 15 is 0 Å². The lowest BCUT2D eigenvalue weighted by Gasteiger charge is -2.14. The van der Waals surface area contributed by atoms with Gasteiger partial charge in [0.2, 0.25) is 0 Å². The largest absolute Gasteiger partial charge is 0.301 e. The third kappa shape index (κ3) is 3.88. The van der Waals surface area contributed by atoms with Gasteiger partial charge in [0.25, 0.3) is 0 Å². The molecule has 2 aliphatic rings. The van der Waals surface area contributed by atoms with Gasteiger partial charge in [0.05, 0.1) is 11.8 Å². The maximum atomic E-state index is 13.1. The van der Waals surface area contributed by atoms with E-state index in [1.54, 1.807) is 0 Å². The molecule has 0 bridgehead atoms. The molecule has 148 valence electrons. The molecule has 0 radical (unpaired) electrons. The molecule has 0 spiro atoms. The van der Waals surface area contributed by atoms with E-state index in [1.165, 1.54) is 47.7 Å². The second-order valence-electron chi connectivity index (χ2n) is 8.15. The summed E-state index contributed by atoms with van der Waals surface area (Å²) in [5, 5.41) is 9.61. The lowest BCUT2D eigenvalue weighted by Crippen LogP contribution is -2.15. The van der Waals surface area contributed by atoms with Gasteiger partial charge in [-0.3, -0.25) is 4.79 Å². The van der Waals surface area contributed by atoms with Crippen LogP contribution in [0, 0.1) is 0 Å². The number of fused-ring (bicyclic) bond motifs is 1. The number of thioether (sulfide) groups is 1. The zero-order valence-corrected chi connectivity index (χ0v) is 17.5. The van der Waals surface area contributed by atoms with Gasteiger partial charge in [0, 0.05) is 11.5 Å². The van der Waals surface area contributed by atoms with Gasteiger partial charge < -0.3 is 4.57 Å². The molecule has 0 amide bonds. The summed E-state index contributed by atoms with van der Waals surface area (Å²) in [4.78, 5) is 13.1. The summed E-state index contributed by atoms with van der Waals surface area (Å²) in [5.41, 5.74) is 4.80. The fraction of sp³-hybridized carbons (Fsp3) is 0.375. The number of hydrogen-bond donors (Lipinski definition) is 0. The minimum absolute atomic E-state index is 0.173. The van der Waals surface area contributed by atoms with Gasteiger partial charge in [0.1, 0.15) is 5.82 Å². The summed E-state index contributed by atoms with van der Waals surface area (Å²) >= 11 is 1.53. The number of carbonyl (C=O) groups is 1. The van der Waals surface area contributed by atoms with Crippen molar-refractivity contribution in [1.29, 1.82) is 0 Å². The highest BCUT2D eigenvalue weighted by molar-refractivity contribution is 8.00. The van der Waals surface area contributed by atoms with Gasteiger partial charge >= 0.3 is 0 Å². The monoisotopic (exact) mass is 403 g/mol. The van der Waals surface area contributed by atoms with Crippen LogP contribution in [-0.2, 0) is 19.4 Å². The third-order valence-corrected chi connectivity index (χ3v) is 6.99. The number of rotatable bonds is 7. The Hall–Kier alpha value is -2.40. The van der Waals surface area contributed by atoms with Gasteiger partial charge in [0.15, 0.2) is 10.9 Å². The second-order valence-corrected chi connectivity index (χ2v) is 9.46. The van der Waals surface area contributed by atoms with Crippen molar-refractivity contribution in [1.82, 2.24) is 14.8 Å². The quantitative estimate of drug-likeness (QED) is 0.409. The molecule has 29 heavy (non-hydrogen) atoms. The van der Waals surface area contributed by atoms with E-state index in [0.717, 1.165) is 35.9 Å². The van der Waals surface area contributed by atoms with E-state index in [-0.39, 0.29) is 11.0 Å². The molecule has 1 heterocycles. The predicted octanol–water partition coefficient (Wildman–Crippen LogP) is 5.06. The van der Waals surface area contributed by atoms with Crippen molar-refractivity contribution in [3.63, 3.8) is 0 Å². The highest BCUT2D eigenvalue weighted by Gasteiger charge is 2.31. The normalized spacial score (nSPS) is 16.6. The third-order valence-electron chi connectivity index (χ3n) is 5.91. The summed E-state index contributed by atoms with van der Waals surface area (Å²) in [5.74, 6) is 1.75. The maximum absolute atomic E-state index is 13.1. The molecule has 2 aromatic carbocycles. The number of Topliss-reactive ketones (excluding diaryl/α,β-unsaturated/α-hetero) is 1. The summed E-state index contributed by atoms with van der Waals surface area (Å²) in [7, 11) is 0. The Morgan fingerprint density at radius 2 is 1.90 bits per heavy atom. The van der Waals surface area contributed by atoms with Crippen LogP contribution in [0.15, 0.2) is 53.7 Å². The Bertz CT molecular complexity index is 1040. The molecule has 3 aromatic rings. The Balaban J connectivity index is 1.37. The fourth-order valence-electron chi connectivity index (χ4n) is 4.12. The molecule has 0 unspecified atom stereocenters. The Morgan fingerprint density at radius 3 is 2.69 bits per heavy atom. The van der Waals surface area contributed by atoms with Crippen LogP contribution in [-0.4, -0.2) is 25.8 Å². The first-order valence-corrected chi connectivity index (χ1v) is 11.4. The van der Waals surface area contributed by atoms with Crippen LogP contribution in [0.25, 0.3) is 0 Å². The molecule has 5 heteroatoms. The van der Waals surface area contributed by atoms with Crippen molar-refractivity contribution in [2.45, 2.75) is 61.9 Å². The standard InChI is InChI=1S/C24H25N3OS/c1-16(22(28)21-13-10-18-8-5-9-20(18)14-21)29-24-26-25-23(19-11-12-19)27(24)15-17-6-3-2-4-7-17/h2-4,6-7,10,13-14,16,19H,5,8-9,11-12,15H2,1H3/t16-/m0/s1. The second kappa shape index (κ2) is 7.79. The SMILES string of the molecule is C[C@H](Sc1nnc(C2CC2)n1Cc1ccccc1)C(=O)c1ccc2c(c1)CCC2. The average Bonchev–Trinajstić information content (AvgIpc) is 3.35. The van der Waals surface area contributed by atoms with Gasteiger partial charge in [-0.25, -0.2) is 0 Å². The number of ketones is 1. The smallest absolute Gasteiger partial charge is 0.192 e. The molecule has 4 nitrogen and oxygen atoms in total. The maximum Gasteiger partial charge on any atom is 0.192 e. The minimum Gasteiger partial charge on any atom is -0.301 e. The number of hydrogen-bond acceptors (Lipinski definition) is 4. The van der Waals surface area contributed by atoms with Crippen LogP contribution in [0.5, 0.6) is 0 Å². The van der Waals surface area contributed by atoms with Crippen LogP contribution in [0.4, 0.5) is 0 Å². The van der Waals surface area contributed by atoms with Gasteiger partial charge in [-0.1, -0.05) is 54.2 Å². The van der Waals surface area contributed by atoms with Crippen LogP contribution in [0.1, 0.15) is 65.0 Å². The van der Waals surface area contributed by atoms with Crippen molar-refractivity contribution in [2.75, 3.05) is 0 Å². The molecule has 1 fully saturated rings. The zero-order chi connectivity index (χ0) is 19.8. The van der Waals surface area contributed by atoms with E-state index in [9.17, 15) is 4.79 Å². The number of aromatic nitrogens is 3. The summed E-state index contributed by atoms with van der Waals surface area (Å²) < 4.78 is 2.21. The molecule has 1 aromatic heterocycles. The Kier molecular flexibility index (Phi) is 5.00. The topological polar surface area (TPSA) is 47.8 Å². The Labute approximate surface area is 175 Å². The first-order chi connectivity index (χ1) is 14.2. The molecule has 2 aliphatic carbocycles. The average molecular weight is 404 g/mol. The van der Waals surface area contributed by atoms with Crippen molar-refractivity contribution < 1.29 is 4.79 Å². The molecule has 0 saturated heterocycles. The molecule has 1 saturated carbocycles. The molecular formula is C24H25N3OS. The fourth-order valence-corrected chi connectivity index (χ4v) is 5.05. The van der Waals surface area contributed by atoms with Crippen LogP contribution < -0.4 is 0 Å². The number of benzene rings is 2. The lowest BCUT2D eigenvalue weighted by molar-refractivity contribution is 0.0993. The summed E-state index contributed by atoms with van der Waals surface area (Å²) in [6, 6.07) is 16.6. The van der Waals surface area contributed by atoms with Crippen LogP contribution in [0.3, 0.4) is 0 Å². The predicted molar refractivity (Wildman–Crippen MR) is 116 cm³/mol. The van der Waals surface area contributed by atoms with Crippen molar-refractivity contribution in [3.8, 4) is 0 Å². The van der Waals surface area contributed by atoms with Gasteiger partial charge in [-0.05, 0) is 61.8 Å². The van der Waals surface area contributed by atoms with E-state index in [4.69, 9.17) is 0 Å². The van der Waals surface area contributed by atoms with Gasteiger partial charge in [-0.15, -0.1) is 10.2 Å². The van der Waals surface area contributed by atoms with E-state index in [1.807, 2.05) is 19.1 Å². The number of carbonyl (C=O) groups excluding carboxylic acids is 1. The molecule has 0 N–H and O–H groups in total. The number of aryl methyl sites for hydroxylation is 2. The van der Waals surface area contributed by atoms with Crippen molar-refractivity contribution in [3.05, 3.63) is 76.6 Å². The summed E-state index contributed by atoms with van der Waals surface area (Å²) in [6.07, 6.45) is 5.79. The highest BCUT2D eigenvalue weighted by atomic mass is 32.2. The molecular weight excluding hydrogens is 378 g/mol. The Morgan fingerprint density at radius 1 is 1.10 bits per heavy atom. The van der Waals surface area contributed by atoms with E-state index in [0.29, 0.717) is 5.92 Å². The minimum atomic E-state index is -0.194. The van der Waals surface area contributed by atoms with Crippen LogP contribution >= 0.6 is 11.8 Å². The molecule has 0 aliphatic heterocycles. The van der Waals surface area contributed by atoms with Crippen molar-refractivity contribution >= 4 is 17.5 Å². The van der Waals surface area contributed by atoms with E-state index < -0.39 is 0 Å². The van der Waals surface area contributed by atoms with Crippen molar-refractivity contribution in [2.24, 2.45) is 0 Å². The molecule has 1 atom stereocenters. The van der Waals surface area contributed by atoms with E-state index in [2.05, 4.69) is 51.2 Å². The van der Waals surface area contributed by atoms with Crippen LogP contribution in [0.2, 0.25) is 0 Å². The van der Waals surface area contributed by atoms with Gasteiger partial charge in [-0.2, -0.15) is 0 Å². The highest BCUT2D eigenvalue weighted by Crippen LogP contribution is 2.40. The zero-order valence-electron chi connectivity index (χ0n) is 16.7. The summed E-state index contributed by atoms with van der Waals surface area (Å²) in [6.45, 7) is 2.74. The molecule has 5 rings (SSSR count). The first kappa shape index (κ1) is 18.6. The number of nitrogens with zero attached hydrogens (tertiary/aromatic N) is 3.